The zero-order chi connectivity index (χ0) is 11.5. The Morgan fingerprint density at radius 3 is 2.69 bits per heavy atom. The summed E-state index contributed by atoms with van der Waals surface area (Å²) in [6.07, 6.45) is 0.559. The van der Waals surface area contributed by atoms with Gasteiger partial charge in [0.05, 0.1) is 0 Å². The zero-order valence-corrected chi connectivity index (χ0v) is 8.69. The van der Waals surface area contributed by atoms with Crippen LogP contribution in [0.15, 0.2) is 18.2 Å². The average Bonchev–Trinajstić information content (AvgIpc) is 2.66. The smallest absolute Gasteiger partial charge is 0.159 e. The molecule has 1 aromatic carbocycles. The lowest BCUT2D eigenvalue weighted by atomic mass is 10.1. The fourth-order valence-corrected chi connectivity index (χ4v) is 1.39. The van der Waals surface area contributed by atoms with Crippen LogP contribution in [-0.4, -0.2) is 20.2 Å². The molecule has 0 saturated carbocycles. The third kappa shape index (κ3) is 2.21. The van der Waals surface area contributed by atoms with Crippen LogP contribution in [0.4, 0.5) is 8.78 Å². The second-order valence-electron chi connectivity index (χ2n) is 3.45. The van der Waals surface area contributed by atoms with E-state index in [0.29, 0.717) is 24.4 Å². The SMILES string of the molecule is Cc1nnnn1CCc1ccc(F)c(F)c1. The van der Waals surface area contributed by atoms with E-state index in [4.69, 9.17) is 0 Å². The Hall–Kier alpha value is -1.85. The van der Waals surface area contributed by atoms with Gasteiger partial charge in [0.2, 0.25) is 0 Å². The van der Waals surface area contributed by atoms with Gasteiger partial charge < -0.3 is 0 Å². The van der Waals surface area contributed by atoms with Gasteiger partial charge in [-0.05, 0) is 41.5 Å². The van der Waals surface area contributed by atoms with E-state index in [1.807, 2.05) is 0 Å². The summed E-state index contributed by atoms with van der Waals surface area (Å²) in [7, 11) is 0. The molecule has 0 unspecified atom stereocenters. The Morgan fingerprint density at radius 2 is 2.06 bits per heavy atom. The number of rotatable bonds is 3. The minimum absolute atomic E-state index is 0.546. The molecule has 0 aliphatic carbocycles. The van der Waals surface area contributed by atoms with Crippen LogP contribution in [0.1, 0.15) is 11.4 Å². The van der Waals surface area contributed by atoms with Crippen LogP contribution >= 0.6 is 0 Å². The number of hydrogen-bond donors (Lipinski definition) is 0. The molecule has 0 radical (unpaired) electrons. The van der Waals surface area contributed by atoms with Crippen molar-refractivity contribution in [2.45, 2.75) is 19.9 Å². The maximum absolute atomic E-state index is 12.9. The normalized spacial score (nSPS) is 10.7. The van der Waals surface area contributed by atoms with E-state index in [1.54, 1.807) is 17.7 Å². The third-order valence-corrected chi connectivity index (χ3v) is 2.31. The lowest BCUT2D eigenvalue weighted by Crippen LogP contribution is -2.05. The molecule has 1 heterocycles. The monoisotopic (exact) mass is 224 g/mol. The maximum Gasteiger partial charge on any atom is 0.159 e. The molecule has 84 valence electrons. The molecular formula is C10H10F2N4. The first-order valence-corrected chi connectivity index (χ1v) is 4.83. The number of nitrogens with zero attached hydrogens (tertiary/aromatic N) is 4. The summed E-state index contributed by atoms with van der Waals surface area (Å²) in [5.41, 5.74) is 0.716. The summed E-state index contributed by atoms with van der Waals surface area (Å²) >= 11 is 0. The third-order valence-electron chi connectivity index (χ3n) is 2.31. The summed E-state index contributed by atoms with van der Waals surface area (Å²) < 4.78 is 27.2. The molecule has 0 amide bonds. The molecule has 2 aromatic rings. The number of aromatic nitrogens is 4. The first-order chi connectivity index (χ1) is 7.66. The van der Waals surface area contributed by atoms with E-state index in [1.165, 1.54) is 6.07 Å². The van der Waals surface area contributed by atoms with Crippen molar-refractivity contribution in [2.75, 3.05) is 0 Å². The van der Waals surface area contributed by atoms with Crippen molar-refractivity contribution in [3.05, 3.63) is 41.2 Å². The Kier molecular flexibility index (Phi) is 2.89. The van der Waals surface area contributed by atoms with Crippen LogP contribution in [0.2, 0.25) is 0 Å². The Labute approximate surface area is 90.9 Å². The van der Waals surface area contributed by atoms with Gasteiger partial charge in [-0.3, -0.25) is 0 Å². The quantitative estimate of drug-likeness (QED) is 0.793. The molecule has 1 aromatic heterocycles. The van der Waals surface area contributed by atoms with E-state index in [9.17, 15) is 8.78 Å². The van der Waals surface area contributed by atoms with E-state index < -0.39 is 11.6 Å². The molecule has 0 N–H and O–H groups in total. The van der Waals surface area contributed by atoms with Gasteiger partial charge in [-0.25, -0.2) is 13.5 Å². The molecular weight excluding hydrogens is 214 g/mol. The predicted molar refractivity (Wildman–Crippen MR) is 52.6 cm³/mol. The van der Waals surface area contributed by atoms with Gasteiger partial charge >= 0.3 is 0 Å². The van der Waals surface area contributed by atoms with Crippen molar-refractivity contribution in [1.29, 1.82) is 0 Å². The highest BCUT2D eigenvalue weighted by atomic mass is 19.2. The molecule has 2 rings (SSSR count). The molecule has 0 aliphatic heterocycles. The lowest BCUT2D eigenvalue weighted by molar-refractivity contribution is 0.505. The number of aryl methyl sites for hydroxylation is 3. The van der Waals surface area contributed by atoms with Gasteiger partial charge in [0, 0.05) is 6.54 Å². The lowest BCUT2D eigenvalue weighted by Gasteiger charge is -2.02. The van der Waals surface area contributed by atoms with Crippen LogP contribution in [0.25, 0.3) is 0 Å². The van der Waals surface area contributed by atoms with Gasteiger partial charge in [-0.15, -0.1) is 5.10 Å². The molecule has 0 fully saturated rings. The highest BCUT2D eigenvalue weighted by Crippen LogP contribution is 2.09. The predicted octanol–water partition coefficient (Wildman–Crippen LogP) is 1.50. The molecule has 0 atom stereocenters. The highest BCUT2D eigenvalue weighted by molar-refractivity contribution is 5.17. The Balaban J connectivity index is 2.05. The van der Waals surface area contributed by atoms with Crippen LogP contribution in [0.5, 0.6) is 0 Å². The fourth-order valence-electron chi connectivity index (χ4n) is 1.39. The summed E-state index contributed by atoms with van der Waals surface area (Å²) in [6, 6.07) is 3.87. The van der Waals surface area contributed by atoms with E-state index in [-0.39, 0.29) is 0 Å². The van der Waals surface area contributed by atoms with E-state index in [2.05, 4.69) is 15.5 Å². The van der Waals surface area contributed by atoms with Crippen molar-refractivity contribution in [3.63, 3.8) is 0 Å². The molecule has 0 spiro atoms. The van der Waals surface area contributed by atoms with Crippen LogP contribution in [0, 0.1) is 18.6 Å². The maximum atomic E-state index is 12.9. The minimum atomic E-state index is -0.831. The topological polar surface area (TPSA) is 43.6 Å². The van der Waals surface area contributed by atoms with Crippen molar-refractivity contribution >= 4 is 0 Å². The standard InChI is InChI=1S/C10H10F2N4/c1-7-13-14-15-16(7)5-4-8-2-3-9(11)10(12)6-8/h2-3,6H,4-5H2,1H3. The summed E-state index contributed by atoms with van der Waals surface area (Å²) in [5.74, 6) is -0.962. The van der Waals surface area contributed by atoms with E-state index >= 15 is 0 Å². The van der Waals surface area contributed by atoms with Crippen LogP contribution in [0.3, 0.4) is 0 Å². The zero-order valence-electron chi connectivity index (χ0n) is 8.69. The summed E-state index contributed by atoms with van der Waals surface area (Å²) in [6.45, 7) is 2.33. The van der Waals surface area contributed by atoms with Crippen molar-refractivity contribution in [2.24, 2.45) is 0 Å². The van der Waals surface area contributed by atoms with Crippen LogP contribution < -0.4 is 0 Å². The molecule has 0 saturated heterocycles. The number of halogens is 2. The second kappa shape index (κ2) is 4.34. The highest BCUT2D eigenvalue weighted by Gasteiger charge is 2.04. The van der Waals surface area contributed by atoms with E-state index in [0.717, 1.165) is 6.07 Å². The number of hydrogen-bond acceptors (Lipinski definition) is 3. The molecule has 6 heteroatoms. The van der Waals surface area contributed by atoms with Gasteiger partial charge in [-0.2, -0.15) is 0 Å². The van der Waals surface area contributed by atoms with Crippen molar-refractivity contribution in [1.82, 2.24) is 20.2 Å². The van der Waals surface area contributed by atoms with Gasteiger partial charge in [0.15, 0.2) is 11.6 Å². The summed E-state index contributed by atoms with van der Waals surface area (Å²) in [4.78, 5) is 0. The molecule has 0 bridgehead atoms. The number of tetrazole rings is 1. The number of benzene rings is 1. The Morgan fingerprint density at radius 1 is 1.25 bits per heavy atom. The average molecular weight is 224 g/mol. The van der Waals surface area contributed by atoms with Crippen LogP contribution in [-0.2, 0) is 13.0 Å². The van der Waals surface area contributed by atoms with Gasteiger partial charge in [0.1, 0.15) is 5.82 Å². The molecule has 4 nitrogen and oxygen atoms in total. The van der Waals surface area contributed by atoms with Gasteiger partial charge in [0.25, 0.3) is 0 Å². The second-order valence-corrected chi connectivity index (χ2v) is 3.45. The fraction of sp³-hybridized carbons (Fsp3) is 0.300. The largest absolute Gasteiger partial charge is 0.230 e. The Bertz CT molecular complexity index is 495. The molecule has 16 heavy (non-hydrogen) atoms. The first-order valence-electron chi connectivity index (χ1n) is 4.83. The molecule has 0 aliphatic rings. The van der Waals surface area contributed by atoms with Gasteiger partial charge in [-0.1, -0.05) is 6.07 Å². The van der Waals surface area contributed by atoms with Crippen molar-refractivity contribution < 1.29 is 8.78 Å². The first kappa shape index (κ1) is 10.7. The van der Waals surface area contributed by atoms with Crippen molar-refractivity contribution in [3.8, 4) is 0 Å². The summed E-state index contributed by atoms with van der Waals surface area (Å²) in [5, 5.41) is 11.0. The minimum Gasteiger partial charge on any atom is -0.230 e.